The summed E-state index contributed by atoms with van der Waals surface area (Å²) in [4.78, 5) is 30.2. The summed E-state index contributed by atoms with van der Waals surface area (Å²) in [5.41, 5.74) is 3.70. The molecule has 0 N–H and O–H groups in total. The van der Waals surface area contributed by atoms with Gasteiger partial charge in [0.15, 0.2) is 0 Å². The first-order valence-corrected chi connectivity index (χ1v) is 10.7. The number of aromatic nitrogens is 2. The van der Waals surface area contributed by atoms with Crippen LogP contribution in [0.4, 0.5) is 0 Å². The number of hydrogen-bond acceptors (Lipinski definition) is 3. The van der Waals surface area contributed by atoms with Crippen molar-refractivity contribution in [2.24, 2.45) is 11.8 Å². The quantitative estimate of drug-likeness (QED) is 0.802. The van der Waals surface area contributed by atoms with E-state index in [2.05, 4.69) is 4.90 Å². The molecule has 6 nitrogen and oxygen atoms in total. The lowest BCUT2D eigenvalue weighted by molar-refractivity contribution is -0.133. The van der Waals surface area contributed by atoms with Crippen LogP contribution in [0.25, 0.3) is 5.69 Å². The maximum Gasteiger partial charge on any atom is 0.273 e. The number of aryl methyl sites for hydroxylation is 1. The third-order valence-electron chi connectivity index (χ3n) is 6.57. The van der Waals surface area contributed by atoms with Crippen LogP contribution in [0.5, 0.6) is 0 Å². The number of benzene rings is 1. The standard InChI is InChI=1S/C23H28N4O2/c1-14(2)22(28)25-12-11-18(13-25)26-20(16-9-10-16)19-15(3)24-27(21(19)23(26)29)17-7-5-4-6-8-17/h4-8,14,16,18,20H,9-13H2,1-3H3. The van der Waals surface area contributed by atoms with Gasteiger partial charge in [-0.1, -0.05) is 32.0 Å². The van der Waals surface area contributed by atoms with Gasteiger partial charge in [-0.2, -0.15) is 5.10 Å². The van der Waals surface area contributed by atoms with E-state index < -0.39 is 0 Å². The van der Waals surface area contributed by atoms with Gasteiger partial charge in [0, 0.05) is 24.6 Å². The number of rotatable bonds is 4. The molecule has 2 aliphatic heterocycles. The molecule has 5 rings (SSSR count). The van der Waals surface area contributed by atoms with Gasteiger partial charge in [0.2, 0.25) is 5.91 Å². The highest BCUT2D eigenvalue weighted by molar-refractivity contribution is 5.99. The van der Waals surface area contributed by atoms with Crippen LogP contribution in [0.1, 0.15) is 60.9 Å². The second-order valence-electron chi connectivity index (χ2n) is 8.97. The van der Waals surface area contributed by atoms with Gasteiger partial charge in [-0.05, 0) is 44.2 Å². The molecule has 1 aromatic carbocycles. The van der Waals surface area contributed by atoms with Gasteiger partial charge in [0.1, 0.15) is 5.69 Å². The third kappa shape index (κ3) is 2.88. The molecule has 0 radical (unpaired) electrons. The topological polar surface area (TPSA) is 58.4 Å². The Kier molecular flexibility index (Phi) is 4.26. The largest absolute Gasteiger partial charge is 0.340 e. The molecule has 1 aromatic heterocycles. The van der Waals surface area contributed by atoms with E-state index in [0.717, 1.165) is 48.4 Å². The van der Waals surface area contributed by atoms with Gasteiger partial charge in [0.25, 0.3) is 5.91 Å². The van der Waals surface area contributed by atoms with E-state index in [1.54, 1.807) is 0 Å². The summed E-state index contributed by atoms with van der Waals surface area (Å²) in [5.74, 6) is 0.770. The minimum atomic E-state index is -0.00617. The highest BCUT2D eigenvalue weighted by Gasteiger charge is 2.52. The van der Waals surface area contributed by atoms with Crippen LogP contribution in [-0.2, 0) is 4.79 Å². The van der Waals surface area contributed by atoms with Crippen LogP contribution >= 0.6 is 0 Å². The van der Waals surface area contributed by atoms with E-state index in [1.807, 2.05) is 60.7 Å². The predicted octanol–water partition coefficient (Wildman–Crippen LogP) is 3.34. The molecule has 0 spiro atoms. The van der Waals surface area contributed by atoms with Crippen LogP contribution in [0.3, 0.4) is 0 Å². The monoisotopic (exact) mass is 392 g/mol. The third-order valence-corrected chi connectivity index (χ3v) is 6.57. The lowest BCUT2D eigenvalue weighted by atomic mass is 10.0. The number of carbonyl (C=O) groups excluding carboxylic acids is 2. The van der Waals surface area contributed by atoms with Gasteiger partial charge in [-0.25, -0.2) is 4.68 Å². The molecule has 152 valence electrons. The maximum absolute atomic E-state index is 13.7. The van der Waals surface area contributed by atoms with Crippen molar-refractivity contribution < 1.29 is 9.59 Å². The van der Waals surface area contributed by atoms with Crippen molar-refractivity contribution in [2.75, 3.05) is 13.1 Å². The van der Waals surface area contributed by atoms with Gasteiger partial charge in [0.05, 0.1) is 23.5 Å². The first kappa shape index (κ1) is 18.4. The van der Waals surface area contributed by atoms with E-state index in [1.165, 1.54) is 0 Å². The second-order valence-corrected chi connectivity index (χ2v) is 8.97. The number of fused-ring (bicyclic) bond motifs is 1. The molecule has 2 aromatic rings. The van der Waals surface area contributed by atoms with Crippen LogP contribution < -0.4 is 0 Å². The Labute approximate surface area is 171 Å². The molecule has 2 fully saturated rings. The summed E-state index contributed by atoms with van der Waals surface area (Å²) in [6.07, 6.45) is 3.17. The minimum Gasteiger partial charge on any atom is -0.340 e. The summed E-state index contributed by atoms with van der Waals surface area (Å²) in [5, 5.41) is 4.75. The minimum absolute atomic E-state index is 0.00617. The Morgan fingerprint density at radius 1 is 1.14 bits per heavy atom. The smallest absolute Gasteiger partial charge is 0.273 e. The molecule has 2 atom stereocenters. The van der Waals surface area contributed by atoms with Crippen molar-refractivity contribution in [3.05, 3.63) is 47.3 Å². The SMILES string of the molecule is Cc1nn(-c2ccccc2)c2c1C(C1CC1)N(C1CCN(C(=O)C(C)C)C1)C2=O. The molecule has 3 heterocycles. The normalized spacial score (nSPS) is 23.9. The van der Waals surface area contributed by atoms with E-state index in [4.69, 9.17) is 5.10 Å². The molecular weight excluding hydrogens is 364 g/mol. The first-order valence-electron chi connectivity index (χ1n) is 10.7. The fraction of sp³-hybridized carbons (Fsp3) is 0.522. The fourth-order valence-corrected chi connectivity index (χ4v) is 5.04. The van der Waals surface area contributed by atoms with E-state index >= 15 is 0 Å². The molecule has 1 aliphatic carbocycles. The zero-order valence-electron chi connectivity index (χ0n) is 17.3. The number of nitrogens with zero attached hydrogens (tertiary/aromatic N) is 4. The van der Waals surface area contributed by atoms with Gasteiger partial charge in [-0.15, -0.1) is 0 Å². The molecule has 1 saturated heterocycles. The van der Waals surface area contributed by atoms with Crippen molar-refractivity contribution in [1.29, 1.82) is 0 Å². The first-order chi connectivity index (χ1) is 14.0. The Bertz CT molecular complexity index is 961. The second kappa shape index (κ2) is 6.71. The van der Waals surface area contributed by atoms with E-state index in [0.29, 0.717) is 12.5 Å². The van der Waals surface area contributed by atoms with Gasteiger partial charge >= 0.3 is 0 Å². The number of likely N-dealkylation sites (tertiary alicyclic amines) is 1. The van der Waals surface area contributed by atoms with Crippen LogP contribution in [0.2, 0.25) is 0 Å². The molecule has 6 heteroatoms. The lowest BCUT2D eigenvalue weighted by Gasteiger charge is -2.32. The highest BCUT2D eigenvalue weighted by atomic mass is 16.2. The highest BCUT2D eigenvalue weighted by Crippen LogP contribution is 2.52. The van der Waals surface area contributed by atoms with Crippen molar-refractivity contribution in [2.45, 2.75) is 52.1 Å². The van der Waals surface area contributed by atoms with Crippen LogP contribution in [0.15, 0.2) is 30.3 Å². The van der Waals surface area contributed by atoms with Crippen molar-refractivity contribution in [3.8, 4) is 5.69 Å². The molecule has 3 aliphatic rings. The number of amides is 2. The van der Waals surface area contributed by atoms with Crippen LogP contribution in [0, 0.1) is 18.8 Å². The molecule has 2 unspecified atom stereocenters. The predicted molar refractivity (Wildman–Crippen MR) is 110 cm³/mol. The Hall–Kier alpha value is -2.63. The molecule has 2 amide bonds. The van der Waals surface area contributed by atoms with Crippen molar-refractivity contribution in [1.82, 2.24) is 19.6 Å². The van der Waals surface area contributed by atoms with Crippen molar-refractivity contribution in [3.63, 3.8) is 0 Å². The van der Waals surface area contributed by atoms with Gasteiger partial charge < -0.3 is 9.80 Å². The average Bonchev–Trinajstić information content (AvgIpc) is 3.22. The number of carbonyl (C=O) groups is 2. The Morgan fingerprint density at radius 3 is 2.52 bits per heavy atom. The van der Waals surface area contributed by atoms with Crippen LogP contribution in [-0.4, -0.2) is 50.5 Å². The summed E-state index contributed by atoms with van der Waals surface area (Å²) < 4.78 is 1.83. The molecule has 29 heavy (non-hydrogen) atoms. The molecule has 1 saturated carbocycles. The van der Waals surface area contributed by atoms with Crippen molar-refractivity contribution >= 4 is 11.8 Å². The summed E-state index contributed by atoms with van der Waals surface area (Å²) >= 11 is 0. The van der Waals surface area contributed by atoms with E-state index in [-0.39, 0.29) is 29.8 Å². The maximum atomic E-state index is 13.7. The zero-order valence-corrected chi connectivity index (χ0v) is 17.3. The van der Waals surface area contributed by atoms with E-state index in [9.17, 15) is 9.59 Å². The lowest BCUT2D eigenvalue weighted by Crippen LogP contribution is -2.42. The zero-order chi connectivity index (χ0) is 20.3. The fourth-order valence-electron chi connectivity index (χ4n) is 5.04. The summed E-state index contributed by atoms with van der Waals surface area (Å²) in [6, 6.07) is 10.1. The summed E-state index contributed by atoms with van der Waals surface area (Å²) in [6.45, 7) is 7.29. The number of para-hydroxylation sites is 1. The summed E-state index contributed by atoms with van der Waals surface area (Å²) in [7, 11) is 0. The van der Waals surface area contributed by atoms with Gasteiger partial charge in [-0.3, -0.25) is 9.59 Å². The molecular formula is C23H28N4O2. The Balaban J connectivity index is 1.52. The average molecular weight is 393 g/mol. The number of hydrogen-bond donors (Lipinski definition) is 0. The Morgan fingerprint density at radius 2 is 1.86 bits per heavy atom. The molecule has 0 bridgehead atoms.